The van der Waals surface area contributed by atoms with Gasteiger partial charge < -0.3 is 15.4 Å². The van der Waals surface area contributed by atoms with Gasteiger partial charge in [0, 0.05) is 17.7 Å². The summed E-state index contributed by atoms with van der Waals surface area (Å²) >= 11 is 0. The number of carbonyl (C=O) groups excluding carboxylic acids is 1. The number of anilines is 2. The van der Waals surface area contributed by atoms with Crippen LogP contribution in [0, 0.1) is 11.3 Å². The fourth-order valence-corrected chi connectivity index (χ4v) is 3.29. The van der Waals surface area contributed by atoms with Gasteiger partial charge in [-0.15, -0.1) is 0 Å². The topological polar surface area (TPSA) is 50.4 Å². The molecule has 4 nitrogen and oxygen atoms in total. The van der Waals surface area contributed by atoms with Crippen molar-refractivity contribution in [2.75, 3.05) is 23.8 Å². The zero-order valence-electron chi connectivity index (χ0n) is 17.6. The van der Waals surface area contributed by atoms with E-state index in [9.17, 15) is 4.79 Å². The summed E-state index contributed by atoms with van der Waals surface area (Å²) < 4.78 is 6.20. The Balaban J connectivity index is 1.98. The van der Waals surface area contributed by atoms with Crippen LogP contribution in [0.25, 0.3) is 0 Å². The van der Waals surface area contributed by atoms with E-state index in [4.69, 9.17) is 4.74 Å². The van der Waals surface area contributed by atoms with Crippen LogP contribution < -0.4 is 15.4 Å². The van der Waals surface area contributed by atoms with Crippen molar-refractivity contribution in [2.45, 2.75) is 47.1 Å². The van der Waals surface area contributed by atoms with E-state index in [-0.39, 0.29) is 17.2 Å². The predicted molar refractivity (Wildman–Crippen MR) is 117 cm³/mol. The lowest BCUT2D eigenvalue weighted by molar-refractivity contribution is 0.103. The summed E-state index contributed by atoms with van der Waals surface area (Å²) in [5, 5.41) is 7.10. The van der Waals surface area contributed by atoms with Crippen LogP contribution in [-0.2, 0) is 0 Å². The summed E-state index contributed by atoms with van der Waals surface area (Å²) in [4.78, 5) is 13.2. The molecule has 2 N–H and O–H groups in total. The molecule has 0 spiro atoms. The van der Waals surface area contributed by atoms with E-state index >= 15 is 0 Å². The molecule has 1 unspecified atom stereocenters. The highest BCUT2D eigenvalue weighted by molar-refractivity contribution is 6.13. The van der Waals surface area contributed by atoms with Gasteiger partial charge in [-0.1, -0.05) is 65.0 Å². The third-order valence-corrected chi connectivity index (χ3v) is 5.23. The van der Waals surface area contributed by atoms with Gasteiger partial charge in [-0.3, -0.25) is 4.79 Å². The van der Waals surface area contributed by atoms with Gasteiger partial charge in [0.25, 0.3) is 0 Å². The molecule has 0 bridgehead atoms. The average molecular weight is 381 g/mol. The van der Waals surface area contributed by atoms with Crippen LogP contribution in [0.4, 0.5) is 11.4 Å². The largest absolute Gasteiger partial charge is 0.487 e. The third kappa shape index (κ3) is 4.49. The van der Waals surface area contributed by atoms with Crippen LogP contribution in [-0.4, -0.2) is 25.0 Å². The van der Waals surface area contributed by atoms with Crippen LogP contribution >= 0.6 is 0 Å². The first-order chi connectivity index (χ1) is 13.3. The second-order valence-corrected chi connectivity index (χ2v) is 9.04. The first-order valence-electron chi connectivity index (χ1n) is 10.2. The Kier molecular flexibility index (Phi) is 5.97. The van der Waals surface area contributed by atoms with E-state index in [1.807, 2.05) is 42.5 Å². The molecule has 0 saturated heterocycles. The van der Waals surface area contributed by atoms with Crippen molar-refractivity contribution >= 4 is 17.2 Å². The molecule has 0 aromatic heterocycles. The SMILES string of the molecule is CC(C)CCNc1ccc(C(=O)c2ccccc2)c2c1OCC(C(C)(C)C)N2. The monoisotopic (exact) mass is 380 g/mol. The first kappa shape index (κ1) is 20.2. The summed E-state index contributed by atoms with van der Waals surface area (Å²) in [5.41, 5.74) is 3.11. The van der Waals surface area contributed by atoms with Gasteiger partial charge in [0.05, 0.1) is 17.4 Å². The number of fused-ring (bicyclic) bond motifs is 1. The Morgan fingerprint density at radius 3 is 2.54 bits per heavy atom. The molecule has 1 atom stereocenters. The molecule has 1 aliphatic rings. The summed E-state index contributed by atoms with van der Waals surface area (Å²) in [6.07, 6.45) is 1.08. The number of carbonyl (C=O) groups is 1. The molecule has 150 valence electrons. The number of hydrogen-bond donors (Lipinski definition) is 2. The molecule has 4 heteroatoms. The zero-order chi connectivity index (χ0) is 20.3. The van der Waals surface area contributed by atoms with E-state index in [2.05, 4.69) is 45.3 Å². The second kappa shape index (κ2) is 8.26. The number of rotatable bonds is 6. The van der Waals surface area contributed by atoms with E-state index in [1.54, 1.807) is 0 Å². The average Bonchev–Trinajstić information content (AvgIpc) is 2.67. The lowest BCUT2D eigenvalue weighted by Crippen LogP contribution is -2.42. The number of ketones is 1. The maximum atomic E-state index is 13.2. The van der Waals surface area contributed by atoms with Gasteiger partial charge in [-0.05, 0) is 29.9 Å². The van der Waals surface area contributed by atoms with Gasteiger partial charge in [0.2, 0.25) is 0 Å². The van der Waals surface area contributed by atoms with Gasteiger partial charge >= 0.3 is 0 Å². The van der Waals surface area contributed by atoms with E-state index in [0.717, 1.165) is 30.1 Å². The maximum Gasteiger partial charge on any atom is 0.195 e. The quantitative estimate of drug-likeness (QED) is 0.641. The molecule has 2 aromatic carbocycles. The molecule has 1 heterocycles. The molecule has 0 amide bonds. The predicted octanol–water partition coefficient (Wildman–Crippen LogP) is 5.59. The Morgan fingerprint density at radius 2 is 1.89 bits per heavy atom. The van der Waals surface area contributed by atoms with Crippen molar-refractivity contribution in [2.24, 2.45) is 11.3 Å². The van der Waals surface area contributed by atoms with Gasteiger partial charge in [0.1, 0.15) is 6.61 Å². The summed E-state index contributed by atoms with van der Waals surface area (Å²) in [6.45, 7) is 12.4. The van der Waals surface area contributed by atoms with Crippen molar-refractivity contribution in [1.82, 2.24) is 0 Å². The van der Waals surface area contributed by atoms with Gasteiger partial charge in [-0.2, -0.15) is 0 Å². The highest BCUT2D eigenvalue weighted by Crippen LogP contribution is 2.42. The van der Waals surface area contributed by atoms with E-state index in [0.29, 0.717) is 23.7 Å². The molecule has 0 fully saturated rings. The van der Waals surface area contributed by atoms with Crippen molar-refractivity contribution in [1.29, 1.82) is 0 Å². The van der Waals surface area contributed by atoms with Crippen LogP contribution in [0.2, 0.25) is 0 Å². The van der Waals surface area contributed by atoms with Crippen molar-refractivity contribution in [3.05, 3.63) is 53.6 Å². The first-order valence-corrected chi connectivity index (χ1v) is 10.2. The highest BCUT2D eigenvalue weighted by Gasteiger charge is 2.33. The summed E-state index contributed by atoms with van der Waals surface area (Å²) in [7, 11) is 0. The lowest BCUT2D eigenvalue weighted by atomic mass is 9.86. The molecule has 2 aromatic rings. The van der Waals surface area contributed by atoms with Crippen molar-refractivity contribution in [3.8, 4) is 5.75 Å². The molecule has 1 aliphatic heterocycles. The lowest BCUT2D eigenvalue weighted by Gasteiger charge is -2.37. The molecular formula is C24H32N2O2. The Morgan fingerprint density at radius 1 is 1.18 bits per heavy atom. The van der Waals surface area contributed by atoms with Crippen molar-refractivity contribution in [3.63, 3.8) is 0 Å². The number of benzene rings is 2. The minimum absolute atomic E-state index is 0.0104. The second-order valence-electron chi connectivity index (χ2n) is 9.04. The number of ether oxygens (including phenoxy) is 1. The minimum Gasteiger partial charge on any atom is -0.487 e. The van der Waals surface area contributed by atoms with E-state index < -0.39 is 0 Å². The maximum absolute atomic E-state index is 13.2. The Bertz CT molecular complexity index is 822. The molecule has 3 rings (SSSR count). The zero-order valence-corrected chi connectivity index (χ0v) is 17.6. The van der Waals surface area contributed by atoms with Gasteiger partial charge in [-0.25, -0.2) is 0 Å². The summed E-state index contributed by atoms with van der Waals surface area (Å²) in [5.74, 6) is 1.40. The molecule has 0 radical (unpaired) electrons. The Labute approximate surface area is 168 Å². The highest BCUT2D eigenvalue weighted by atomic mass is 16.5. The molecule has 0 saturated carbocycles. The molecular weight excluding hydrogens is 348 g/mol. The fourth-order valence-electron chi connectivity index (χ4n) is 3.29. The Hall–Kier alpha value is -2.49. The normalized spacial score (nSPS) is 16.1. The smallest absolute Gasteiger partial charge is 0.195 e. The fraction of sp³-hybridized carbons (Fsp3) is 0.458. The summed E-state index contributed by atoms with van der Waals surface area (Å²) in [6, 6.07) is 13.4. The van der Waals surface area contributed by atoms with E-state index in [1.165, 1.54) is 0 Å². The molecule has 0 aliphatic carbocycles. The minimum atomic E-state index is 0.0104. The van der Waals surface area contributed by atoms with Crippen LogP contribution in [0.5, 0.6) is 5.75 Å². The molecule has 28 heavy (non-hydrogen) atoms. The third-order valence-electron chi connectivity index (χ3n) is 5.23. The van der Waals surface area contributed by atoms with Gasteiger partial charge in [0.15, 0.2) is 11.5 Å². The van der Waals surface area contributed by atoms with Crippen LogP contribution in [0.15, 0.2) is 42.5 Å². The van der Waals surface area contributed by atoms with Crippen LogP contribution in [0.1, 0.15) is 57.0 Å². The number of nitrogens with one attached hydrogen (secondary N) is 2. The number of hydrogen-bond acceptors (Lipinski definition) is 4. The van der Waals surface area contributed by atoms with Crippen LogP contribution in [0.3, 0.4) is 0 Å². The standard InChI is InChI=1S/C24H32N2O2/c1-16(2)13-14-25-19-12-11-18(22(27)17-9-7-6-8-10-17)21-23(19)28-15-20(26-21)24(3,4)5/h6-12,16,20,25-26H,13-15H2,1-5H3. The van der Waals surface area contributed by atoms with Crippen molar-refractivity contribution < 1.29 is 9.53 Å².